The second kappa shape index (κ2) is 6.96. The molecule has 1 amide bonds. The minimum Gasteiger partial charge on any atom is -0.478 e. The summed E-state index contributed by atoms with van der Waals surface area (Å²) in [5, 5.41) is 21.7. The third kappa shape index (κ3) is 3.99. The van der Waals surface area contributed by atoms with Crippen LogP contribution in [0.2, 0.25) is 0 Å². The van der Waals surface area contributed by atoms with Crippen LogP contribution in [0.5, 0.6) is 0 Å². The molecule has 0 radical (unpaired) electrons. The van der Waals surface area contributed by atoms with Gasteiger partial charge in [-0.05, 0) is 30.4 Å². The first kappa shape index (κ1) is 17.2. The number of carbonyl (C=O) groups is 2. The molecule has 0 heterocycles. The first-order valence-electron chi connectivity index (χ1n) is 7.79. The fraction of sp³-hybridized carbons (Fsp3) is 0.444. The van der Waals surface area contributed by atoms with E-state index in [4.69, 9.17) is 0 Å². The van der Waals surface area contributed by atoms with E-state index in [0.717, 1.165) is 18.4 Å². The van der Waals surface area contributed by atoms with Crippen molar-refractivity contribution in [2.45, 2.75) is 33.1 Å². The number of fused-ring (bicyclic) bond motifs is 1. The smallest absolute Gasteiger partial charge is 0.336 e. The molecule has 0 atom stereocenters. The molecule has 124 valence electrons. The van der Waals surface area contributed by atoms with Gasteiger partial charge in [0.25, 0.3) is 0 Å². The minimum absolute atomic E-state index is 0.0546. The first-order chi connectivity index (χ1) is 10.9. The standard InChI is InChI=1S/C18H23NO4/c1-18(2,11-20)10-19-16(21)14-9-5-7-12-6-3-4-8-13(12)15(14)17(22)23/h3-4,6,8,20H,5,7,9-11H2,1-2H3,(H,19,21)(H,22,23). The molecule has 1 aromatic carbocycles. The lowest BCUT2D eigenvalue weighted by atomic mass is 9.93. The van der Waals surface area contributed by atoms with Crippen molar-refractivity contribution in [1.29, 1.82) is 0 Å². The Labute approximate surface area is 136 Å². The highest BCUT2D eigenvalue weighted by atomic mass is 16.4. The molecule has 0 saturated heterocycles. The third-order valence-electron chi connectivity index (χ3n) is 4.10. The van der Waals surface area contributed by atoms with Crippen molar-refractivity contribution >= 4 is 17.4 Å². The van der Waals surface area contributed by atoms with Crippen LogP contribution in [0.3, 0.4) is 0 Å². The van der Waals surface area contributed by atoms with E-state index in [2.05, 4.69) is 5.32 Å². The first-order valence-corrected chi connectivity index (χ1v) is 7.79. The molecule has 2 rings (SSSR count). The van der Waals surface area contributed by atoms with Crippen molar-refractivity contribution < 1.29 is 19.8 Å². The minimum atomic E-state index is -1.08. The lowest BCUT2D eigenvalue weighted by Gasteiger charge is -2.22. The van der Waals surface area contributed by atoms with Gasteiger partial charge in [0, 0.05) is 24.1 Å². The molecular weight excluding hydrogens is 294 g/mol. The molecule has 1 aliphatic rings. The molecule has 5 heteroatoms. The van der Waals surface area contributed by atoms with Gasteiger partial charge in [0.05, 0.1) is 5.57 Å². The second-order valence-electron chi connectivity index (χ2n) is 6.67. The molecule has 0 fully saturated rings. The van der Waals surface area contributed by atoms with E-state index in [-0.39, 0.29) is 18.1 Å². The van der Waals surface area contributed by atoms with Crippen molar-refractivity contribution in [3.63, 3.8) is 0 Å². The Hall–Kier alpha value is -2.14. The number of rotatable bonds is 5. The SMILES string of the molecule is CC(C)(CO)CNC(=O)C1=C(C(=O)O)c2ccccc2CCC1. The average molecular weight is 317 g/mol. The number of aliphatic carboxylic acids is 1. The Kier molecular flexibility index (Phi) is 5.21. The fourth-order valence-electron chi connectivity index (χ4n) is 2.68. The van der Waals surface area contributed by atoms with Crippen LogP contribution >= 0.6 is 0 Å². The summed E-state index contributed by atoms with van der Waals surface area (Å²) in [6, 6.07) is 7.34. The molecule has 23 heavy (non-hydrogen) atoms. The maximum absolute atomic E-state index is 12.5. The van der Waals surface area contributed by atoms with Crippen LogP contribution < -0.4 is 5.32 Å². The highest BCUT2D eigenvalue weighted by molar-refractivity contribution is 6.23. The molecule has 0 bridgehead atoms. The highest BCUT2D eigenvalue weighted by Gasteiger charge is 2.27. The van der Waals surface area contributed by atoms with E-state index in [0.29, 0.717) is 24.1 Å². The van der Waals surface area contributed by atoms with Gasteiger partial charge in [0.15, 0.2) is 0 Å². The quantitative estimate of drug-likeness (QED) is 0.775. The van der Waals surface area contributed by atoms with Crippen LogP contribution in [0.15, 0.2) is 29.8 Å². The maximum atomic E-state index is 12.5. The number of hydrogen-bond acceptors (Lipinski definition) is 3. The fourth-order valence-corrected chi connectivity index (χ4v) is 2.68. The molecule has 5 nitrogen and oxygen atoms in total. The van der Waals surface area contributed by atoms with E-state index in [1.54, 1.807) is 12.1 Å². The third-order valence-corrected chi connectivity index (χ3v) is 4.10. The van der Waals surface area contributed by atoms with Crippen LogP contribution in [0, 0.1) is 5.41 Å². The largest absolute Gasteiger partial charge is 0.478 e. The molecule has 1 aromatic rings. The monoisotopic (exact) mass is 317 g/mol. The number of amides is 1. The van der Waals surface area contributed by atoms with Crippen LogP contribution in [0.1, 0.15) is 37.8 Å². The molecule has 3 N–H and O–H groups in total. The van der Waals surface area contributed by atoms with E-state index >= 15 is 0 Å². The van der Waals surface area contributed by atoms with Gasteiger partial charge in [-0.3, -0.25) is 4.79 Å². The van der Waals surface area contributed by atoms with Gasteiger partial charge in [-0.1, -0.05) is 38.1 Å². The summed E-state index contributed by atoms with van der Waals surface area (Å²) < 4.78 is 0. The Morgan fingerprint density at radius 1 is 1.22 bits per heavy atom. The Bertz CT molecular complexity index is 646. The maximum Gasteiger partial charge on any atom is 0.336 e. The van der Waals surface area contributed by atoms with Gasteiger partial charge in [-0.25, -0.2) is 4.79 Å². The number of nitrogens with one attached hydrogen (secondary N) is 1. The van der Waals surface area contributed by atoms with E-state index in [9.17, 15) is 19.8 Å². The van der Waals surface area contributed by atoms with E-state index in [1.165, 1.54) is 0 Å². The summed E-state index contributed by atoms with van der Waals surface area (Å²) in [6.07, 6.45) is 1.92. The summed E-state index contributed by atoms with van der Waals surface area (Å²) in [6.45, 7) is 3.91. The summed E-state index contributed by atoms with van der Waals surface area (Å²) in [5.74, 6) is -1.44. The van der Waals surface area contributed by atoms with Crippen LogP contribution in [-0.2, 0) is 16.0 Å². The van der Waals surface area contributed by atoms with Crippen LogP contribution in [0.25, 0.3) is 5.57 Å². The van der Waals surface area contributed by atoms with Crippen molar-refractivity contribution in [3.05, 3.63) is 41.0 Å². The Morgan fingerprint density at radius 3 is 2.57 bits per heavy atom. The number of aryl methyl sites for hydroxylation is 1. The van der Waals surface area contributed by atoms with Crippen molar-refractivity contribution in [1.82, 2.24) is 5.32 Å². The number of carbonyl (C=O) groups excluding carboxylic acids is 1. The van der Waals surface area contributed by atoms with Gasteiger partial charge >= 0.3 is 5.97 Å². The molecule has 0 spiro atoms. The molecule has 0 aromatic heterocycles. The van der Waals surface area contributed by atoms with Gasteiger partial charge in [-0.2, -0.15) is 0 Å². The van der Waals surface area contributed by atoms with Crippen LogP contribution in [-0.4, -0.2) is 35.2 Å². The summed E-state index contributed by atoms with van der Waals surface area (Å²) in [7, 11) is 0. The molecule has 1 aliphatic carbocycles. The Balaban J connectivity index is 2.37. The number of benzene rings is 1. The van der Waals surface area contributed by atoms with Gasteiger partial charge < -0.3 is 15.5 Å². The summed E-state index contributed by atoms with van der Waals surface area (Å²) in [5.41, 5.74) is 1.56. The second-order valence-corrected chi connectivity index (χ2v) is 6.67. The zero-order valence-electron chi connectivity index (χ0n) is 13.6. The lowest BCUT2D eigenvalue weighted by Crippen LogP contribution is -2.37. The number of aliphatic hydroxyl groups is 1. The van der Waals surface area contributed by atoms with E-state index < -0.39 is 11.4 Å². The number of aliphatic hydroxyl groups excluding tert-OH is 1. The summed E-state index contributed by atoms with van der Waals surface area (Å²) >= 11 is 0. The average Bonchev–Trinajstić information content (AvgIpc) is 2.72. The summed E-state index contributed by atoms with van der Waals surface area (Å²) in [4.78, 5) is 24.3. The number of carboxylic acids is 1. The van der Waals surface area contributed by atoms with Crippen LogP contribution in [0.4, 0.5) is 0 Å². The molecule has 0 unspecified atom stereocenters. The van der Waals surface area contributed by atoms with Gasteiger partial charge in [0.1, 0.15) is 0 Å². The molecule has 0 aliphatic heterocycles. The predicted octanol–water partition coefficient (Wildman–Crippen LogP) is 2.00. The predicted molar refractivity (Wildman–Crippen MR) is 87.8 cm³/mol. The Morgan fingerprint density at radius 2 is 1.91 bits per heavy atom. The van der Waals surface area contributed by atoms with Crippen molar-refractivity contribution in [2.24, 2.45) is 5.41 Å². The van der Waals surface area contributed by atoms with Crippen molar-refractivity contribution in [3.8, 4) is 0 Å². The zero-order valence-corrected chi connectivity index (χ0v) is 13.6. The van der Waals surface area contributed by atoms with Gasteiger partial charge in [-0.15, -0.1) is 0 Å². The normalized spacial score (nSPS) is 14.9. The number of carboxylic acid groups (broad SMARTS) is 1. The highest BCUT2D eigenvalue weighted by Crippen LogP contribution is 2.30. The van der Waals surface area contributed by atoms with Gasteiger partial charge in [0.2, 0.25) is 5.91 Å². The molecule has 0 saturated carbocycles. The zero-order chi connectivity index (χ0) is 17.0. The lowest BCUT2D eigenvalue weighted by molar-refractivity contribution is -0.130. The molecular formula is C18H23NO4. The van der Waals surface area contributed by atoms with Crippen molar-refractivity contribution in [2.75, 3.05) is 13.2 Å². The number of hydrogen-bond donors (Lipinski definition) is 3. The topological polar surface area (TPSA) is 86.6 Å². The van der Waals surface area contributed by atoms with E-state index in [1.807, 2.05) is 26.0 Å².